The summed E-state index contributed by atoms with van der Waals surface area (Å²) in [6.07, 6.45) is 1.24. The van der Waals surface area contributed by atoms with Gasteiger partial charge in [-0.3, -0.25) is 4.90 Å². The molecular weight excluding hydrogens is 162 g/mol. The zero-order valence-electron chi connectivity index (χ0n) is 9.16. The molecule has 0 aromatic rings. The van der Waals surface area contributed by atoms with E-state index in [0.29, 0.717) is 6.04 Å². The van der Waals surface area contributed by atoms with Crippen LogP contribution in [0.15, 0.2) is 0 Å². The predicted octanol–water partition coefficient (Wildman–Crippen LogP) is 0.360. The van der Waals surface area contributed by atoms with Gasteiger partial charge in [-0.1, -0.05) is 6.92 Å². The van der Waals surface area contributed by atoms with E-state index in [1.54, 1.807) is 0 Å². The smallest absolute Gasteiger partial charge is 0.0218 e. The third kappa shape index (κ3) is 3.25. The van der Waals surface area contributed by atoms with Gasteiger partial charge in [-0.25, -0.2) is 0 Å². The van der Waals surface area contributed by atoms with Crippen molar-refractivity contribution in [3.63, 3.8) is 0 Å². The van der Waals surface area contributed by atoms with E-state index in [1.807, 2.05) is 0 Å². The first-order valence-corrected chi connectivity index (χ1v) is 5.31. The van der Waals surface area contributed by atoms with Crippen molar-refractivity contribution in [3.05, 3.63) is 0 Å². The highest BCUT2D eigenvalue weighted by Crippen LogP contribution is 2.10. The van der Waals surface area contributed by atoms with Gasteiger partial charge >= 0.3 is 0 Å². The number of rotatable bonds is 3. The summed E-state index contributed by atoms with van der Waals surface area (Å²) in [4.78, 5) is 4.94. The molecule has 1 unspecified atom stereocenters. The van der Waals surface area contributed by atoms with E-state index in [0.717, 1.165) is 12.6 Å². The molecule has 1 heterocycles. The van der Waals surface area contributed by atoms with Crippen LogP contribution in [-0.2, 0) is 0 Å². The minimum absolute atomic E-state index is 0.306. The van der Waals surface area contributed by atoms with Gasteiger partial charge in [-0.05, 0) is 20.4 Å². The third-order valence-corrected chi connectivity index (χ3v) is 2.88. The van der Waals surface area contributed by atoms with Crippen LogP contribution in [0.1, 0.15) is 20.3 Å². The van der Waals surface area contributed by atoms with Gasteiger partial charge in [0, 0.05) is 38.3 Å². The first-order chi connectivity index (χ1) is 6.13. The molecule has 0 spiro atoms. The SMILES string of the molecule is CCC1CN(C[C@H](C)N)CCN1C. The number of likely N-dealkylation sites (N-methyl/N-ethyl adjacent to an activating group) is 1. The van der Waals surface area contributed by atoms with Gasteiger partial charge in [-0.2, -0.15) is 0 Å². The minimum atomic E-state index is 0.306. The van der Waals surface area contributed by atoms with Crippen molar-refractivity contribution < 1.29 is 0 Å². The van der Waals surface area contributed by atoms with Crippen LogP contribution in [-0.4, -0.2) is 55.1 Å². The fourth-order valence-electron chi connectivity index (χ4n) is 2.02. The number of hydrogen-bond donors (Lipinski definition) is 1. The summed E-state index contributed by atoms with van der Waals surface area (Å²) in [6.45, 7) is 8.94. The van der Waals surface area contributed by atoms with Crippen LogP contribution in [0.4, 0.5) is 0 Å². The molecule has 1 fully saturated rings. The lowest BCUT2D eigenvalue weighted by Gasteiger charge is -2.39. The molecule has 78 valence electrons. The Bertz CT molecular complexity index is 147. The zero-order valence-corrected chi connectivity index (χ0v) is 9.16. The molecule has 13 heavy (non-hydrogen) atoms. The van der Waals surface area contributed by atoms with E-state index in [-0.39, 0.29) is 0 Å². The van der Waals surface area contributed by atoms with E-state index in [9.17, 15) is 0 Å². The molecule has 2 atom stereocenters. The molecule has 3 nitrogen and oxygen atoms in total. The zero-order chi connectivity index (χ0) is 9.84. The van der Waals surface area contributed by atoms with Crippen molar-refractivity contribution in [2.24, 2.45) is 5.73 Å². The van der Waals surface area contributed by atoms with Crippen molar-refractivity contribution in [2.45, 2.75) is 32.4 Å². The number of piperazine rings is 1. The Kier molecular flexibility index (Phi) is 4.16. The molecule has 3 heteroatoms. The lowest BCUT2D eigenvalue weighted by molar-refractivity contribution is 0.0902. The molecule has 0 aliphatic carbocycles. The summed E-state index contributed by atoms with van der Waals surface area (Å²) in [5.74, 6) is 0. The molecular formula is C10H23N3. The Hall–Kier alpha value is -0.120. The van der Waals surface area contributed by atoms with Gasteiger partial charge in [0.1, 0.15) is 0 Å². The lowest BCUT2D eigenvalue weighted by atomic mass is 10.1. The van der Waals surface area contributed by atoms with E-state index < -0.39 is 0 Å². The third-order valence-electron chi connectivity index (χ3n) is 2.88. The van der Waals surface area contributed by atoms with Crippen LogP contribution >= 0.6 is 0 Å². The van der Waals surface area contributed by atoms with Crippen LogP contribution in [0.2, 0.25) is 0 Å². The topological polar surface area (TPSA) is 32.5 Å². The molecule has 0 aromatic carbocycles. The van der Waals surface area contributed by atoms with Crippen molar-refractivity contribution in [3.8, 4) is 0 Å². The highest BCUT2D eigenvalue weighted by molar-refractivity contribution is 4.80. The summed E-state index contributed by atoms with van der Waals surface area (Å²) in [5.41, 5.74) is 5.79. The van der Waals surface area contributed by atoms with E-state index >= 15 is 0 Å². The van der Waals surface area contributed by atoms with Crippen LogP contribution in [0, 0.1) is 0 Å². The normalized spacial score (nSPS) is 29.1. The molecule has 1 saturated heterocycles. The molecule has 0 saturated carbocycles. The highest BCUT2D eigenvalue weighted by atomic mass is 15.3. The molecule has 1 aliphatic rings. The summed E-state index contributed by atoms with van der Waals surface area (Å²) in [6, 6.07) is 1.04. The Morgan fingerprint density at radius 3 is 2.69 bits per heavy atom. The fourth-order valence-corrected chi connectivity index (χ4v) is 2.02. The maximum absolute atomic E-state index is 5.79. The van der Waals surface area contributed by atoms with Crippen LogP contribution in [0.3, 0.4) is 0 Å². The summed E-state index contributed by atoms with van der Waals surface area (Å²) < 4.78 is 0. The Labute approximate surface area is 81.9 Å². The molecule has 0 radical (unpaired) electrons. The molecule has 1 aliphatic heterocycles. The monoisotopic (exact) mass is 185 g/mol. The average Bonchev–Trinajstić information content (AvgIpc) is 2.07. The maximum Gasteiger partial charge on any atom is 0.0218 e. The van der Waals surface area contributed by atoms with Crippen molar-refractivity contribution in [2.75, 3.05) is 33.2 Å². The van der Waals surface area contributed by atoms with E-state index in [4.69, 9.17) is 5.73 Å². The largest absolute Gasteiger partial charge is 0.327 e. The van der Waals surface area contributed by atoms with Gasteiger partial charge in [0.2, 0.25) is 0 Å². The molecule has 2 N–H and O–H groups in total. The first-order valence-electron chi connectivity index (χ1n) is 5.31. The summed E-state index contributed by atoms with van der Waals surface area (Å²) in [5, 5.41) is 0. The number of hydrogen-bond acceptors (Lipinski definition) is 3. The maximum atomic E-state index is 5.79. The summed E-state index contributed by atoms with van der Waals surface area (Å²) >= 11 is 0. The van der Waals surface area contributed by atoms with Crippen molar-refractivity contribution >= 4 is 0 Å². The summed E-state index contributed by atoms with van der Waals surface area (Å²) in [7, 11) is 2.22. The minimum Gasteiger partial charge on any atom is -0.327 e. The molecule has 0 bridgehead atoms. The molecule has 0 amide bonds. The second kappa shape index (κ2) is 4.94. The Morgan fingerprint density at radius 2 is 2.15 bits per heavy atom. The Morgan fingerprint density at radius 1 is 1.46 bits per heavy atom. The van der Waals surface area contributed by atoms with Crippen LogP contribution < -0.4 is 5.73 Å². The van der Waals surface area contributed by atoms with E-state index in [2.05, 4.69) is 30.7 Å². The Balaban J connectivity index is 2.36. The molecule has 0 aromatic heterocycles. The predicted molar refractivity (Wildman–Crippen MR) is 56.8 cm³/mol. The number of nitrogens with zero attached hydrogens (tertiary/aromatic N) is 2. The first kappa shape index (κ1) is 11.0. The van der Waals surface area contributed by atoms with Gasteiger partial charge in [0.15, 0.2) is 0 Å². The highest BCUT2D eigenvalue weighted by Gasteiger charge is 2.22. The standard InChI is InChI=1S/C10H23N3/c1-4-10-8-13(7-9(2)11)6-5-12(10)3/h9-10H,4-8,11H2,1-3H3/t9-,10?/m0/s1. The van der Waals surface area contributed by atoms with Gasteiger partial charge in [-0.15, -0.1) is 0 Å². The van der Waals surface area contributed by atoms with Crippen molar-refractivity contribution in [1.82, 2.24) is 9.80 Å². The second-order valence-electron chi connectivity index (χ2n) is 4.28. The van der Waals surface area contributed by atoms with E-state index in [1.165, 1.54) is 26.1 Å². The second-order valence-corrected chi connectivity index (χ2v) is 4.28. The van der Waals surface area contributed by atoms with Gasteiger partial charge < -0.3 is 10.6 Å². The average molecular weight is 185 g/mol. The molecule has 1 rings (SSSR count). The number of nitrogens with two attached hydrogens (primary N) is 1. The van der Waals surface area contributed by atoms with Gasteiger partial charge in [0.05, 0.1) is 0 Å². The van der Waals surface area contributed by atoms with Crippen molar-refractivity contribution in [1.29, 1.82) is 0 Å². The fraction of sp³-hybridized carbons (Fsp3) is 1.00. The quantitative estimate of drug-likeness (QED) is 0.689. The van der Waals surface area contributed by atoms with Crippen LogP contribution in [0.25, 0.3) is 0 Å². The lowest BCUT2D eigenvalue weighted by Crippen LogP contribution is -2.53. The van der Waals surface area contributed by atoms with Crippen LogP contribution in [0.5, 0.6) is 0 Å². The van der Waals surface area contributed by atoms with Gasteiger partial charge in [0.25, 0.3) is 0 Å².